The Hall–Kier alpha value is -2.16. The molecule has 0 aliphatic rings. The van der Waals surface area contributed by atoms with Gasteiger partial charge < -0.3 is 15.2 Å². The molecule has 0 spiro atoms. The van der Waals surface area contributed by atoms with Crippen molar-refractivity contribution in [3.63, 3.8) is 0 Å². The van der Waals surface area contributed by atoms with E-state index in [1.807, 2.05) is 43.3 Å². The maximum Gasteiger partial charge on any atom is 0.119 e. The van der Waals surface area contributed by atoms with Gasteiger partial charge in [0.05, 0.1) is 13.2 Å². The molecule has 2 aromatic rings. The molecule has 0 aromatic heterocycles. The number of ether oxygens (including phenoxy) is 2. The maximum atomic E-state index is 5.70. The molecule has 0 heterocycles. The Morgan fingerprint density at radius 2 is 1.45 bits per heavy atom. The fraction of sp³-hybridized carbons (Fsp3) is 0.294. The lowest BCUT2D eigenvalue weighted by Crippen LogP contribution is -1.99. The quantitative estimate of drug-likeness (QED) is 0.617. The van der Waals surface area contributed by atoms with Gasteiger partial charge in [0.15, 0.2) is 0 Å². The first-order valence-electron chi connectivity index (χ1n) is 6.98. The van der Waals surface area contributed by atoms with Crippen molar-refractivity contribution in [2.24, 2.45) is 0 Å². The Kier molecular flexibility index (Phi) is 5.30. The standard InChI is InChI=1S/C17H21NO2/c1-2-19-16-9-11-17(12-10-16)20-13-3-4-14-5-7-15(18)8-6-14/h5-12H,2-4,13,18H2,1H3. The van der Waals surface area contributed by atoms with E-state index in [9.17, 15) is 0 Å². The Morgan fingerprint density at radius 1 is 0.850 bits per heavy atom. The van der Waals surface area contributed by atoms with Crippen LogP contribution in [0.15, 0.2) is 48.5 Å². The number of rotatable bonds is 7. The van der Waals surface area contributed by atoms with Gasteiger partial charge in [0.1, 0.15) is 11.5 Å². The number of hydrogen-bond donors (Lipinski definition) is 1. The summed E-state index contributed by atoms with van der Waals surface area (Å²) in [4.78, 5) is 0. The fourth-order valence-electron chi connectivity index (χ4n) is 1.95. The van der Waals surface area contributed by atoms with E-state index in [1.54, 1.807) is 0 Å². The second-order valence-electron chi connectivity index (χ2n) is 4.60. The van der Waals surface area contributed by atoms with E-state index in [0.717, 1.165) is 30.0 Å². The number of nitrogen functional groups attached to an aromatic ring is 1. The van der Waals surface area contributed by atoms with E-state index in [2.05, 4.69) is 12.1 Å². The summed E-state index contributed by atoms with van der Waals surface area (Å²) in [7, 11) is 0. The molecule has 0 atom stereocenters. The summed E-state index contributed by atoms with van der Waals surface area (Å²) in [5, 5.41) is 0. The second kappa shape index (κ2) is 7.43. The smallest absolute Gasteiger partial charge is 0.119 e. The Morgan fingerprint density at radius 3 is 2.05 bits per heavy atom. The van der Waals surface area contributed by atoms with Gasteiger partial charge in [-0.25, -0.2) is 0 Å². The molecule has 2 rings (SSSR count). The summed E-state index contributed by atoms with van der Waals surface area (Å²) in [6, 6.07) is 15.7. The third-order valence-corrected chi connectivity index (χ3v) is 2.99. The first-order valence-corrected chi connectivity index (χ1v) is 6.98. The van der Waals surface area contributed by atoms with E-state index in [1.165, 1.54) is 5.56 Å². The fourth-order valence-corrected chi connectivity index (χ4v) is 1.95. The summed E-state index contributed by atoms with van der Waals surface area (Å²) >= 11 is 0. The first kappa shape index (κ1) is 14.3. The molecule has 0 saturated carbocycles. The van der Waals surface area contributed by atoms with Gasteiger partial charge in [0, 0.05) is 5.69 Å². The molecule has 0 bridgehead atoms. The number of aryl methyl sites for hydroxylation is 1. The van der Waals surface area contributed by atoms with Gasteiger partial charge in [-0.15, -0.1) is 0 Å². The lowest BCUT2D eigenvalue weighted by molar-refractivity contribution is 0.308. The topological polar surface area (TPSA) is 44.5 Å². The molecule has 3 heteroatoms. The second-order valence-corrected chi connectivity index (χ2v) is 4.60. The minimum atomic E-state index is 0.682. The van der Waals surface area contributed by atoms with Crippen LogP contribution >= 0.6 is 0 Å². The van der Waals surface area contributed by atoms with Gasteiger partial charge in [-0.05, 0) is 61.7 Å². The highest BCUT2D eigenvalue weighted by molar-refractivity contribution is 5.39. The molecule has 0 unspecified atom stereocenters. The van der Waals surface area contributed by atoms with Crippen LogP contribution in [0, 0.1) is 0 Å². The molecule has 0 saturated heterocycles. The lowest BCUT2D eigenvalue weighted by Gasteiger charge is -2.08. The van der Waals surface area contributed by atoms with Crippen molar-refractivity contribution in [3.8, 4) is 11.5 Å². The van der Waals surface area contributed by atoms with Gasteiger partial charge in [-0.1, -0.05) is 12.1 Å². The van der Waals surface area contributed by atoms with Crippen LogP contribution in [-0.4, -0.2) is 13.2 Å². The molecule has 0 amide bonds. The van der Waals surface area contributed by atoms with E-state index in [-0.39, 0.29) is 0 Å². The number of benzene rings is 2. The van der Waals surface area contributed by atoms with Crippen molar-refractivity contribution < 1.29 is 9.47 Å². The highest BCUT2D eigenvalue weighted by Crippen LogP contribution is 2.17. The molecule has 0 aliphatic heterocycles. The highest BCUT2D eigenvalue weighted by Gasteiger charge is 1.97. The summed E-state index contributed by atoms with van der Waals surface area (Å²) < 4.78 is 11.1. The van der Waals surface area contributed by atoms with Gasteiger partial charge >= 0.3 is 0 Å². The molecular weight excluding hydrogens is 250 g/mol. The van der Waals surface area contributed by atoms with Crippen molar-refractivity contribution in [1.82, 2.24) is 0 Å². The molecule has 0 radical (unpaired) electrons. The maximum absolute atomic E-state index is 5.70. The van der Waals surface area contributed by atoms with E-state index in [0.29, 0.717) is 13.2 Å². The summed E-state index contributed by atoms with van der Waals surface area (Å²) in [5.41, 5.74) is 7.75. The molecular formula is C17H21NO2. The zero-order chi connectivity index (χ0) is 14.2. The number of nitrogens with two attached hydrogens (primary N) is 1. The van der Waals surface area contributed by atoms with Crippen LogP contribution in [0.25, 0.3) is 0 Å². The summed E-state index contributed by atoms with van der Waals surface area (Å²) in [5.74, 6) is 1.76. The van der Waals surface area contributed by atoms with Crippen LogP contribution in [0.2, 0.25) is 0 Å². The first-order chi connectivity index (χ1) is 9.78. The van der Waals surface area contributed by atoms with E-state index < -0.39 is 0 Å². The predicted molar refractivity (Wildman–Crippen MR) is 82.3 cm³/mol. The average Bonchev–Trinajstić information content (AvgIpc) is 2.47. The normalized spacial score (nSPS) is 10.2. The van der Waals surface area contributed by atoms with E-state index in [4.69, 9.17) is 15.2 Å². The predicted octanol–water partition coefficient (Wildman–Crippen LogP) is 3.68. The third-order valence-electron chi connectivity index (χ3n) is 2.99. The van der Waals surface area contributed by atoms with Crippen LogP contribution in [0.4, 0.5) is 5.69 Å². The van der Waals surface area contributed by atoms with Crippen LogP contribution < -0.4 is 15.2 Å². The molecule has 0 fully saturated rings. The van der Waals surface area contributed by atoms with Crippen LogP contribution in [-0.2, 0) is 6.42 Å². The van der Waals surface area contributed by atoms with E-state index >= 15 is 0 Å². The Bertz CT molecular complexity index is 506. The van der Waals surface area contributed by atoms with Crippen molar-refractivity contribution in [2.75, 3.05) is 18.9 Å². The Labute approximate surface area is 120 Å². The number of anilines is 1. The minimum Gasteiger partial charge on any atom is -0.494 e. The molecule has 2 N–H and O–H groups in total. The van der Waals surface area contributed by atoms with Gasteiger partial charge in [0.2, 0.25) is 0 Å². The summed E-state index contributed by atoms with van der Waals surface area (Å²) in [6.45, 7) is 3.36. The lowest BCUT2D eigenvalue weighted by atomic mass is 10.1. The Balaban J connectivity index is 1.71. The van der Waals surface area contributed by atoms with Crippen molar-refractivity contribution in [3.05, 3.63) is 54.1 Å². The monoisotopic (exact) mass is 271 g/mol. The zero-order valence-corrected chi connectivity index (χ0v) is 11.8. The molecule has 20 heavy (non-hydrogen) atoms. The van der Waals surface area contributed by atoms with Crippen molar-refractivity contribution >= 4 is 5.69 Å². The SMILES string of the molecule is CCOc1ccc(OCCCc2ccc(N)cc2)cc1. The van der Waals surface area contributed by atoms with Gasteiger partial charge in [-0.2, -0.15) is 0 Å². The van der Waals surface area contributed by atoms with Gasteiger partial charge in [0.25, 0.3) is 0 Å². The molecule has 2 aromatic carbocycles. The summed E-state index contributed by atoms with van der Waals surface area (Å²) in [6.07, 6.45) is 1.98. The van der Waals surface area contributed by atoms with Crippen LogP contribution in [0.3, 0.4) is 0 Å². The van der Waals surface area contributed by atoms with Crippen LogP contribution in [0.5, 0.6) is 11.5 Å². The third kappa shape index (κ3) is 4.50. The zero-order valence-electron chi connectivity index (χ0n) is 11.8. The van der Waals surface area contributed by atoms with Crippen LogP contribution in [0.1, 0.15) is 18.9 Å². The van der Waals surface area contributed by atoms with Crippen molar-refractivity contribution in [1.29, 1.82) is 0 Å². The molecule has 0 aliphatic carbocycles. The average molecular weight is 271 g/mol. The molecule has 3 nitrogen and oxygen atoms in total. The largest absolute Gasteiger partial charge is 0.494 e. The molecule has 106 valence electrons. The van der Waals surface area contributed by atoms with Crippen molar-refractivity contribution in [2.45, 2.75) is 19.8 Å². The highest BCUT2D eigenvalue weighted by atomic mass is 16.5. The minimum absolute atomic E-state index is 0.682. The van der Waals surface area contributed by atoms with Gasteiger partial charge in [-0.3, -0.25) is 0 Å². The number of hydrogen-bond acceptors (Lipinski definition) is 3.